The molecule has 1 aromatic heterocycles. The van der Waals surface area contributed by atoms with Gasteiger partial charge in [-0.3, -0.25) is 9.36 Å². The van der Waals surface area contributed by atoms with E-state index in [0.29, 0.717) is 5.56 Å². The third kappa shape index (κ3) is 2.20. The summed E-state index contributed by atoms with van der Waals surface area (Å²) in [6, 6.07) is 7.01. The van der Waals surface area contributed by atoms with Gasteiger partial charge < -0.3 is 10.0 Å². The molecule has 5 heteroatoms. The minimum Gasteiger partial charge on any atom is -0.481 e. The fourth-order valence-corrected chi connectivity index (χ4v) is 1.84. The summed E-state index contributed by atoms with van der Waals surface area (Å²) < 4.78 is 1.51. The predicted molar refractivity (Wildman–Crippen MR) is 67.8 cm³/mol. The van der Waals surface area contributed by atoms with Crippen molar-refractivity contribution in [3.8, 4) is 0 Å². The van der Waals surface area contributed by atoms with E-state index in [2.05, 4.69) is 0 Å². The van der Waals surface area contributed by atoms with Gasteiger partial charge >= 0.3 is 12.0 Å². The molecule has 0 aliphatic carbocycles. The number of nitrogens with zero attached hydrogens (tertiary/aromatic N) is 2. The normalized spacial score (nSPS) is 10.6. The van der Waals surface area contributed by atoms with E-state index in [4.69, 9.17) is 5.11 Å². The molecule has 0 fully saturated rings. The van der Waals surface area contributed by atoms with Crippen LogP contribution >= 0.6 is 0 Å². The number of hydrogen-bond donors (Lipinski definition) is 1. The van der Waals surface area contributed by atoms with E-state index in [-0.39, 0.29) is 12.5 Å². The molecule has 5 nitrogen and oxygen atoms in total. The van der Waals surface area contributed by atoms with Crippen molar-refractivity contribution in [2.24, 2.45) is 0 Å². The van der Waals surface area contributed by atoms with Crippen LogP contribution in [-0.2, 0) is 11.2 Å². The third-order valence-corrected chi connectivity index (χ3v) is 2.70. The first-order chi connectivity index (χ1) is 8.49. The number of benzene rings is 1. The number of aromatic nitrogens is 1. The van der Waals surface area contributed by atoms with Crippen LogP contribution < -0.4 is 0 Å². The van der Waals surface area contributed by atoms with Crippen molar-refractivity contribution >= 4 is 22.9 Å². The second-order valence-electron chi connectivity index (χ2n) is 4.33. The zero-order chi connectivity index (χ0) is 13.3. The Bertz CT molecular complexity index is 614. The van der Waals surface area contributed by atoms with Crippen LogP contribution in [0.4, 0.5) is 4.79 Å². The Kier molecular flexibility index (Phi) is 3.06. The van der Waals surface area contributed by atoms with Crippen molar-refractivity contribution in [3.05, 3.63) is 36.0 Å². The Labute approximate surface area is 104 Å². The molecule has 0 bridgehead atoms. The third-order valence-electron chi connectivity index (χ3n) is 2.70. The van der Waals surface area contributed by atoms with Crippen molar-refractivity contribution in [1.82, 2.24) is 9.47 Å². The van der Waals surface area contributed by atoms with Gasteiger partial charge in [0.2, 0.25) is 0 Å². The molecule has 2 aromatic rings. The average molecular weight is 246 g/mol. The Morgan fingerprint density at radius 2 is 2.00 bits per heavy atom. The van der Waals surface area contributed by atoms with E-state index in [1.54, 1.807) is 32.4 Å². The lowest BCUT2D eigenvalue weighted by atomic mass is 10.1. The van der Waals surface area contributed by atoms with Gasteiger partial charge in [0.25, 0.3) is 0 Å². The van der Waals surface area contributed by atoms with Crippen molar-refractivity contribution < 1.29 is 14.7 Å². The van der Waals surface area contributed by atoms with Crippen LogP contribution in [0, 0.1) is 0 Å². The van der Waals surface area contributed by atoms with Gasteiger partial charge in [-0.15, -0.1) is 0 Å². The predicted octanol–water partition coefficient (Wildman–Crippen LogP) is 1.80. The van der Waals surface area contributed by atoms with Crippen LogP contribution in [0.1, 0.15) is 5.56 Å². The van der Waals surface area contributed by atoms with E-state index in [0.717, 1.165) is 10.9 Å². The van der Waals surface area contributed by atoms with Crippen molar-refractivity contribution in [1.29, 1.82) is 0 Å². The molecule has 0 aliphatic heterocycles. The molecule has 0 aliphatic rings. The highest BCUT2D eigenvalue weighted by atomic mass is 16.4. The molecule has 1 N–H and O–H groups in total. The standard InChI is InChI=1S/C13H14N2O3/c1-14(2)13(18)15-6-5-10-4-3-9(7-11(10)15)8-12(16)17/h3-7H,8H2,1-2H3,(H,16,17). The molecule has 0 saturated heterocycles. The fraction of sp³-hybridized carbons (Fsp3) is 0.231. The molecule has 0 saturated carbocycles. The van der Waals surface area contributed by atoms with Gasteiger partial charge in [-0.2, -0.15) is 0 Å². The van der Waals surface area contributed by atoms with E-state index in [1.165, 1.54) is 9.47 Å². The lowest BCUT2D eigenvalue weighted by Crippen LogP contribution is -2.26. The Morgan fingerprint density at radius 1 is 1.28 bits per heavy atom. The van der Waals surface area contributed by atoms with Gasteiger partial charge in [0.15, 0.2) is 0 Å². The maximum atomic E-state index is 11.9. The Hall–Kier alpha value is -2.30. The number of carbonyl (C=O) groups excluding carboxylic acids is 1. The zero-order valence-corrected chi connectivity index (χ0v) is 10.3. The SMILES string of the molecule is CN(C)C(=O)n1ccc2ccc(CC(=O)O)cc21. The largest absolute Gasteiger partial charge is 0.481 e. The molecule has 94 valence electrons. The highest BCUT2D eigenvalue weighted by molar-refractivity contribution is 5.92. The summed E-state index contributed by atoms with van der Waals surface area (Å²) in [5.74, 6) is -0.883. The molecular weight excluding hydrogens is 232 g/mol. The molecule has 1 heterocycles. The van der Waals surface area contributed by atoms with Crippen molar-refractivity contribution in [2.45, 2.75) is 6.42 Å². The average Bonchev–Trinajstić information content (AvgIpc) is 2.70. The smallest absolute Gasteiger partial charge is 0.328 e. The second-order valence-corrected chi connectivity index (χ2v) is 4.33. The number of rotatable bonds is 2. The van der Waals surface area contributed by atoms with Gasteiger partial charge in [0.1, 0.15) is 0 Å². The summed E-state index contributed by atoms with van der Waals surface area (Å²) >= 11 is 0. The van der Waals surface area contributed by atoms with Gasteiger partial charge in [-0.25, -0.2) is 4.79 Å². The topological polar surface area (TPSA) is 62.5 Å². The van der Waals surface area contributed by atoms with Crippen LogP contribution in [0.25, 0.3) is 10.9 Å². The first-order valence-corrected chi connectivity index (χ1v) is 5.52. The van der Waals surface area contributed by atoms with Crippen LogP contribution in [0.15, 0.2) is 30.5 Å². The summed E-state index contributed by atoms with van der Waals surface area (Å²) in [4.78, 5) is 24.1. The maximum absolute atomic E-state index is 11.9. The second kappa shape index (κ2) is 4.52. The zero-order valence-electron chi connectivity index (χ0n) is 10.3. The molecule has 0 unspecified atom stereocenters. The monoisotopic (exact) mass is 246 g/mol. The Morgan fingerprint density at radius 3 is 2.61 bits per heavy atom. The van der Waals surface area contributed by atoms with E-state index >= 15 is 0 Å². The van der Waals surface area contributed by atoms with Crippen LogP contribution in [0.5, 0.6) is 0 Å². The number of carbonyl (C=O) groups is 2. The molecular formula is C13H14N2O3. The number of carboxylic acid groups (broad SMARTS) is 1. The minimum absolute atomic E-state index is 0.0444. The summed E-state index contributed by atoms with van der Waals surface area (Å²) in [6.07, 6.45) is 1.65. The molecule has 0 spiro atoms. The van der Waals surface area contributed by atoms with E-state index in [9.17, 15) is 9.59 Å². The highest BCUT2D eigenvalue weighted by Gasteiger charge is 2.11. The van der Waals surface area contributed by atoms with E-state index in [1.807, 2.05) is 12.1 Å². The first kappa shape index (κ1) is 12.2. The molecule has 0 radical (unpaired) electrons. The summed E-state index contributed by atoms with van der Waals surface area (Å²) in [6.45, 7) is 0. The van der Waals surface area contributed by atoms with Gasteiger partial charge in [0.05, 0.1) is 11.9 Å². The highest BCUT2D eigenvalue weighted by Crippen LogP contribution is 2.18. The van der Waals surface area contributed by atoms with Crippen LogP contribution in [0.2, 0.25) is 0 Å². The van der Waals surface area contributed by atoms with Gasteiger partial charge in [0, 0.05) is 25.7 Å². The lowest BCUT2D eigenvalue weighted by Gasteiger charge is -2.12. The number of fused-ring (bicyclic) bond motifs is 1. The summed E-state index contributed by atoms with van der Waals surface area (Å²) in [7, 11) is 3.35. The lowest BCUT2D eigenvalue weighted by molar-refractivity contribution is -0.136. The number of hydrogen-bond acceptors (Lipinski definition) is 2. The van der Waals surface area contributed by atoms with Gasteiger partial charge in [-0.1, -0.05) is 12.1 Å². The maximum Gasteiger partial charge on any atom is 0.328 e. The number of amides is 1. The molecule has 0 atom stereocenters. The quantitative estimate of drug-likeness (QED) is 0.878. The first-order valence-electron chi connectivity index (χ1n) is 5.52. The minimum atomic E-state index is -0.883. The van der Waals surface area contributed by atoms with Crippen LogP contribution in [-0.4, -0.2) is 40.7 Å². The molecule has 1 amide bonds. The van der Waals surface area contributed by atoms with E-state index < -0.39 is 5.97 Å². The molecule has 2 rings (SSSR count). The fourth-order valence-electron chi connectivity index (χ4n) is 1.84. The number of aliphatic carboxylic acids is 1. The van der Waals surface area contributed by atoms with Gasteiger partial charge in [-0.05, 0) is 17.7 Å². The van der Waals surface area contributed by atoms with Crippen molar-refractivity contribution in [2.75, 3.05) is 14.1 Å². The number of carboxylic acids is 1. The molecule has 1 aromatic carbocycles. The molecule has 18 heavy (non-hydrogen) atoms. The van der Waals surface area contributed by atoms with Crippen LogP contribution in [0.3, 0.4) is 0 Å². The summed E-state index contributed by atoms with van der Waals surface area (Å²) in [5, 5.41) is 9.69. The van der Waals surface area contributed by atoms with Crippen molar-refractivity contribution in [3.63, 3.8) is 0 Å². The summed E-state index contributed by atoms with van der Waals surface area (Å²) in [5.41, 5.74) is 1.41. The Balaban J connectivity index is 2.49.